The molecule has 0 radical (unpaired) electrons. The maximum atomic E-state index is 4.69. The van der Waals surface area contributed by atoms with Crippen molar-refractivity contribution in [3.8, 4) is 0 Å². The SMILES string of the molecule is CCNC(=NCc1nc2ccccc2n1C)NC1CC=CC1. The van der Waals surface area contributed by atoms with Crippen molar-refractivity contribution >= 4 is 17.0 Å². The standard InChI is InChI=1S/C17H23N5/c1-3-18-17(20-13-8-4-5-9-13)19-12-16-21-14-10-6-7-11-15(14)22(16)2/h4-7,10-11,13H,3,8-9,12H2,1-2H3,(H2,18,19,20). The maximum absolute atomic E-state index is 4.69. The summed E-state index contributed by atoms with van der Waals surface area (Å²) in [7, 11) is 2.04. The summed E-state index contributed by atoms with van der Waals surface area (Å²) in [4.78, 5) is 9.35. The Bertz CT molecular complexity index is 690. The van der Waals surface area contributed by atoms with Gasteiger partial charge in [-0.15, -0.1) is 0 Å². The molecule has 116 valence electrons. The van der Waals surface area contributed by atoms with E-state index in [1.54, 1.807) is 0 Å². The third-order valence-electron chi connectivity index (χ3n) is 3.95. The Labute approximate surface area is 131 Å². The fraction of sp³-hybridized carbons (Fsp3) is 0.412. The minimum Gasteiger partial charge on any atom is -0.357 e. The number of benzene rings is 1. The average Bonchev–Trinajstić information content (AvgIpc) is 3.14. The third-order valence-corrected chi connectivity index (χ3v) is 3.95. The number of hydrogen-bond acceptors (Lipinski definition) is 2. The minimum absolute atomic E-state index is 0.457. The van der Waals surface area contributed by atoms with Gasteiger partial charge in [-0.3, -0.25) is 0 Å². The molecule has 0 fully saturated rings. The van der Waals surface area contributed by atoms with Crippen LogP contribution in [0.25, 0.3) is 11.0 Å². The van der Waals surface area contributed by atoms with Gasteiger partial charge in [0, 0.05) is 19.6 Å². The summed E-state index contributed by atoms with van der Waals surface area (Å²) in [6.45, 7) is 3.51. The van der Waals surface area contributed by atoms with Crippen molar-refractivity contribution in [3.05, 3.63) is 42.2 Å². The summed E-state index contributed by atoms with van der Waals surface area (Å²) in [6, 6.07) is 8.63. The number of fused-ring (bicyclic) bond motifs is 1. The summed E-state index contributed by atoms with van der Waals surface area (Å²) in [5.41, 5.74) is 2.17. The van der Waals surface area contributed by atoms with E-state index in [0.29, 0.717) is 12.6 Å². The normalized spacial score (nSPS) is 15.6. The number of aromatic nitrogens is 2. The second kappa shape index (κ2) is 6.64. The number of aryl methyl sites for hydroxylation is 1. The van der Waals surface area contributed by atoms with Crippen LogP contribution in [0.5, 0.6) is 0 Å². The highest BCUT2D eigenvalue weighted by Crippen LogP contribution is 2.14. The van der Waals surface area contributed by atoms with E-state index in [-0.39, 0.29) is 0 Å². The van der Waals surface area contributed by atoms with Gasteiger partial charge in [0.2, 0.25) is 0 Å². The zero-order chi connectivity index (χ0) is 15.4. The van der Waals surface area contributed by atoms with Gasteiger partial charge in [-0.1, -0.05) is 24.3 Å². The lowest BCUT2D eigenvalue weighted by Crippen LogP contribution is -2.42. The van der Waals surface area contributed by atoms with Crippen LogP contribution in [0.2, 0.25) is 0 Å². The second-order valence-electron chi connectivity index (χ2n) is 5.55. The second-order valence-corrected chi connectivity index (χ2v) is 5.55. The van der Waals surface area contributed by atoms with E-state index in [1.165, 1.54) is 0 Å². The van der Waals surface area contributed by atoms with E-state index in [9.17, 15) is 0 Å². The van der Waals surface area contributed by atoms with Crippen molar-refractivity contribution in [3.63, 3.8) is 0 Å². The van der Waals surface area contributed by atoms with Gasteiger partial charge in [0.1, 0.15) is 12.4 Å². The molecule has 22 heavy (non-hydrogen) atoms. The van der Waals surface area contributed by atoms with Gasteiger partial charge in [-0.25, -0.2) is 9.98 Å². The Balaban J connectivity index is 1.74. The number of para-hydroxylation sites is 2. The topological polar surface area (TPSA) is 54.2 Å². The monoisotopic (exact) mass is 297 g/mol. The van der Waals surface area contributed by atoms with Crippen LogP contribution in [-0.2, 0) is 13.6 Å². The molecule has 1 aliphatic carbocycles. The van der Waals surface area contributed by atoms with E-state index in [1.807, 2.05) is 25.2 Å². The molecule has 0 bridgehead atoms. The molecule has 0 unspecified atom stereocenters. The Kier molecular flexibility index (Phi) is 4.42. The predicted molar refractivity (Wildman–Crippen MR) is 90.8 cm³/mol. The fourth-order valence-electron chi connectivity index (χ4n) is 2.74. The van der Waals surface area contributed by atoms with Crippen LogP contribution in [0.4, 0.5) is 0 Å². The van der Waals surface area contributed by atoms with Gasteiger partial charge in [0.05, 0.1) is 11.0 Å². The highest BCUT2D eigenvalue weighted by atomic mass is 15.2. The largest absolute Gasteiger partial charge is 0.357 e. The summed E-state index contributed by atoms with van der Waals surface area (Å²) in [5, 5.41) is 6.79. The maximum Gasteiger partial charge on any atom is 0.191 e. The molecular weight excluding hydrogens is 274 g/mol. The molecule has 3 rings (SSSR count). The fourth-order valence-corrected chi connectivity index (χ4v) is 2.74. The van der Waals surface area contributed by atoms with Crippen LogP contribution in [0.3, 0.4) is 0 Å². The summed E-state index contributed by atoms with van der Waals surface area (Å²) in [6.07, 6.45) is 6.56. The van der Waals surface area contributed by atoms with E-state index in [0.717, 1.165) is 42.2 Å². The molecule has 2 N–H and O–H groups in total. The van der Waals surface area contributed by atoms with Gasteiger partial charge in [0.25, 0.3) is 0 Å². The van der Waals surface area contributed by atoms with E-state index in [4.69, 9.17) is 0 Å². The number of aliphatic imine (C=N–C) groups is 1. The van der Waals surface area contributed by atoms with Gasteiger partial charge < -0.3 is 15.2 Å². The lowest BCUT2D eigenvalue weighted by Gasteiger charge is -2.16. The number of nitrogens with zero attached hydrogens (tertiary/aromatic N) is 3. The molecule has 1 aliphatic rings. The molecular formula is C17H23N5. The van der Waals surface area contributed by atoms with Crippen molar-refractivity contribution in [1.82, 2.24) is 20.2 Å². The van der Waals surface area contributed by atoms with Crippen molar-refractivity contribution in [2.45, 2.75) is 32.4 Å². The Morgan fingerprint density at radius 3 is 2.82 bits per heavy atom. The molecule has 5 heteroatoms. The molecule has 1 heterocycles. The summed E-state index contributed by atoms with van der Waals surface area (Å²) < 4.78 is 2.11. The van der Waals surface area contributed by atoms with Gasteiger partial charge in [-0.05, 0) is 31.9 Å². The molecule has 1 aromatic heterocycles. The zero-order valence-corrected chi connectivity index (χ0v) is 13.2. The molecule has 0 saturated heterocycles. The van der Waals surface area contributed by atoms with Crippen molar-refractivity contribution in [2.24, 2.45) is 12.0 Å². The van der Waals surface area contributed by atoms with Crippen LogP contribution in [0.1, 0.15) is 25.6 Å². The van der Waals surface area contributed by atoms with E-state index < -0.39 is 0 Å². The highest BCUT2D eigenvalue weighted by molar-refractivity contribution is 5.80. The van der Waals surface area contributed by atoms with Crippen LogP contribution >= 0.6 is 0 Å². The highest BCUT2D eigenvalue weighted by Gasteiger charge is 2.12. The number of rotatable bonds is 4. The molecule has 0 atom stereocenters. The van der Waals surface area contributed by atoms with Gasteiger partial charge in [-0.2, -0.15) is 0 Å². The van der Waals surface area contributed by atoms with E-state index in [2.05, 4.69) is 50.3 Å². The van der Waals surface area contributed by atoms with Crippen LogP contribution in [-0.4, -0.2) is 28.1 Å². The van der Waals surface area contributed by atoms with Crippen molar-refractivity contribution < 1.29 is 0 Å². The van der Waals surface area contributed by atoms with E-state index >= 15 is 0 Å². The number of guanidine groups is 1. The van der Waals surface area contributed by atoms with Gasteiger partial charge >= 0.3 is 0 Å². The van der Waals surface area contributed by atoms with Crippen LogP contribution < -0.4 is 10.6 Å². The first-order valence-electron chi connectivity index (χ1n) is 7.88. The third kappa shape index (κ3) is 3.13. The number of imidazole rings is 1. The quantitative estimate of drug-likeness (QED) is 0.517. The van der Waals surface area contributed by atoms with Crippen molar-refractivity contribution in [2.75, 3.05) is 6.54 Å². The molecule has 2 aromatic rings. The summed E-state index contributed by atoms with van der Waals surface area (Å²) >= 11 is 0. The molecule has 0 amide bonds. The lowest BCUT2D eigenvalue weighted by molar-refractivity contribution is 0.632. The Hall–Kier alpha value is -2.30. The van der Waals surface area contributed by atoms with Crippen LogP contribution in [0, 0.1) is 0 Å². The molecule has 5 nitrogen and oxygen atoms in total. The first-order chi connectivity index (χ1) is 10.8. The zero-order valence-electron chi connectivity index (χ0n) is 13.2. The minimum atomic E-state index is 0.457. The smallest absolute Gasteiger partial charge is 0.191 e. The van der Waals surface area contributed by atoms with Gasteiger partial charge in [0.15, 0.2) is 5.96 Å². The van der Waals surface area contributed by atoms with Crippen LogP contribution in [0.15, 0.2) is 41.4 Å². The molecule has 0 aliphatic heterocycles. The average molecular weight is 297 g/mol. The summed E-state index contributed by atoms with van der Waals surface area (Å²) in [5.74, 6) is 1.84. The predicted octanol–water partition coefficient (Wildman–Crippen LogP) is 2.35. The first kappa shape index (κ1) is 14.6. The number of hydrogen-bond donors (Lipinski definition) is 2. The Morgan fingerprint density at radius 2 is 2.09 bits per heavy atom. The molecule has 0 saturated carbocycles. The lowest BCUT2D eigenvalue weighted by atomic mass is 10.2. The Morgan fingerprint density at radius 1 is 1.32 bits per heavy atom. The van der Waals surface area contributed by atoms with Crippen molar-refractivity contribution in [1.29, 1.82) is 0 Å². The first-order valence-corrected chi connectivity index (χ1v) is 7.88. The number of nitrogens with one attached hydrogen (secondary N) is 2. The molecule has 1 aromatic carbocycles. The molecule has 0 spiro atoms.